The van der Waals surface area contributed by atoms with Crippen molar-refractivity contribution in [1.29, 1.82) is 0 Å². The van der Waals surface area contributed by atoms with Crippen molar-refractivity contribution >= 4 is 0 Å². The van der Waals surface area contributed by atoms with Gasteiger partial charge in [0.1, 0.15) is 5.82 Å². The van der Waals surface area contributed by atoms with Gasteiger partial charge in [0.15, 0.2) is 0 Å². The maximum absolute atomic E-state index is 13.8. The second-order valence-corrected chi connectivity index (χ2v) is 4.27. The number of hydrogen-bond acceptors (Lipinski definition) is 1. The van der Waals surface area contributed by atoms with Gasteiger partial charge in [0, 0.05) is 17.7 Å². The van der Waals surface area contributed by atoms with Crippen molar-refractivity contribution in [3.63, 3.8) is 0 Å². The van der Waals surface area contributed by atoms with Gasteiger partial charge in [-0.2, -0.15) is 8.78 Å². The highest BCUT2D eigenvalue weighted by Gasteiger charge is 2.30. The molecule has 2 aromatic rings. The van der Waals surface area contributed by atoms with Crippen LogP contribution >= 0.6 is 0 Å². The highest BCUT2D eigenvalue weighted by molar-refractivity contribution is 5.21. The summed E-state index contributed by atoms with van der Waals surface area (Å²) in [6, 6.07) is 13.7. The normalized spacial score (nSPS) is 11.5. The van der Waals surface area contributed by atoms with Crippen LogP contribution in [-0.4, -0.2) is 6.54 Å². The summed E-state index contributed by atoms with van der Waals surface area (Å²) in [5, 5.41) is 2.59. The zero-order valence-electron chi connectivity index (χ0n) is 10.2. The molecule has 0 aliphatic heterocycles. The van der Waals surface area contributed by atoms with Gasteiger partial charge >= 0.3 is 0 Å². The molecule has 1 N–H and O–H groups in total. The average molecular weight is 265 g/mol. The minimum atomic E-state index is -2.97. The van der Waals surface area contributed by atoms with Gasteiger partial charge < -0.3 is 5.32 Å². The van der Waals surface area contributed by atoms with Gasteiger partial charge in [-0.3, -0.25) is 0 Å². The fourth-order valence-electron chi connectivity index (χ4n) is 1.78. The van der Waals surface area contributed by atoms with Crippen LogP contribution < -0.4 is 5.32 Å². The first kappa shape index (κ1) is 13.6. The fraction of sp³-hybridized carbons (Fsp3) is 0.200. The standard InChI is InChI=1S/C15H14F3N/c16-14-9-5-4-6-12(14)10-19-11-15(17,18)13-7-2-1-3-8-13/h1-9,19H,10-11H2. The van der Waals surface area contributed by atoms with E-state index in [4.69, 9.17) is 0 Å². The molecular formula is C15H14F3N. The molecule has 0 heterocycles. The van der Waals surface area contributed by atoms with E-state index < -0.39 is 18.3 Å². The smallest absolute Gasteiger partial charge is 0.285 e. The van der Waals surface area contributed by atoms with Gasteiger partial charge in [0.25, 0.3) is 5.92 Å². The van der Waals surface area contributed by atoms with Crippen molar-refractivity contribution in [2.24, 2.45) is 0 Å². The Kier molecular flexibility index (Phi) is 4.22. The second-order valence-electron chi connectivity index (χ2n) is 4.27. The molecule has 0 saturated carbocycles. The van der Waals surface area contributed by atoms with E-state index in [1.807, 2.05) is 0 Å². The van der Waals surface area contributed by atoms with Gasteiger partial charge in [-0.25, -0.2) is 4.39 Å². The summed E-state index contributed by atoms with van der Waals surface area (Å²) in [5.41, 5.74) is 0.336. The summed E-state index contributed by atoms with van der Waals surface area (Å²) in [6.45, 7) is -0.444. The summed E-state index contributed by atoms with van der Waals surface area (Å²) >= 11 is 0. The Labute approximate surface area is 110 Å². The Morgan fingerprint density at radius 3 is 2.21 bits per heavy atom. The van der Waals surface area contributed by atoms with Gasteiger partial charge in [0.2, 0.25) is 0 Å². The number of halogens is 3. The third-order valence-electron chi connectivity index (χ3n) is 2.82. The largest absolute Gasteiger partial charge is 0.307 e. The maximum atomic E-state index is 13.8. The minimum Gasteiger partial charge on any atom is -0.307 e. The third kappa shape index (κ3) is 3.58. The molecule has 0 fully saturated rings. The predicted molar refractivity (Wildman–Crippen MR) is 68.4 cm³/mol. The van der Waals surface area contributed by atoms with E-state index in [9.17, 15) is 13.2 Å². The Morgan fingerprint density at radius 1 is 0.895 bits per heavy atom. The van der Waals surface area contributed by atoms with Crippen molar-refractivity contribution < 1.29 is 13.2 Å². The summed E-state index contributed by atoms with van der Waals surface area (Å²) < 4.78 is 40.9. The van der Waals surface area contributed by atoms with Crippen LogP contribution in [0.15, 0.2) is 54.6 Å². The van der Waals surface area contributed by atoms with E-state index in [1.165, 1.54) is 18.2 Å². The number of rotatable bonds is 5. The van der Waals surface area contributed by atoms with Crippen LogP contribution in [0.25, 0.3) is 0 Å². The van der Waals surface area contributed by atoms with E-state index in [-0.39, 0.29) is 12.1 Å². The lowest BCUT2D eigenvalue weighted by molar-refractivity contribution is -0.00349. The molecule has 0 radical (unpaired) electrons. The maximum Gasteiger partial charge on any atom is 0.285 e. The average Bonchev–Trinajstić information content (AvgIpc) is 2.42. The van der Waals surface area contributed by atoms with Gasteiger partial charge in [-0.15, -0.1) is 0 Å². The molecule has 0 atom stereocenters. The first-order valence-corrected chi connectivity index (χ1v) is 5.97. The SMILES string of the molecule is Fc1ccccc1CNCC(F)(F)c1ccccc1. The van der Waals surface area contributed by atoms with E-state index in [0.717, 1.165) is 0 Å². The van der Waals surface area contributed by atoms with E-state index in [1.54, 1.807) is 36.4 Å². The molecule has 0 unspecified atom stereocenters. The first-order valence-electron chi connectivity index (χ1n) is 5.97. The topological polar surface area (TPSA) is 12.0 Å². The van der Waals surface area contributed by atoms with Crippen LogP contribution in [0, 0.1) is 5.82 Å². The van der Waals surface area contributed by atoms with Crippen molar-refractivity contribution in [1.82, 2.24) is 5.32 Å². The molecule has 1 nitrogen and oxygen atoms in total. The molecule has 0 saturated heterocycles. The summed E-state index contributed by atoms with van der Waals surface area (Å²) in [7, 11) is 0. The molecule has 0 aliphatic carbocycles. The van der Waals surface area contributed by atoms with Crippen molar-refractivity contribution in [2.75, 3.05) is 6.54 Å². The Balaban J connectivity index is 1.94. The number of hydrogen-bond donors (Lipinski definition) is 1. The summed E-state index contributed by atoms with van der Waals surface area (Å²) in [6.07, 6.45) is 0. The molecule has 19 heavy (non-hydrogen) atoms. The Morgan fingerprint density at radius 2 is 1.53 bits per heavy atom. The van der Waals surface area contributed by atoms with Gasteiger partial charge in [-0.05, 0) is 6.07 Å². The molecular weight excluding hydrogens is 251 g/mol. The van der Waals surface area contributed by atoms with Crippen molar-refractivity contribution in [2.45, 2.75) is 12.5 Å². The molecule has 4 heteroatoms. The minimum absolute atomic E-state index is 0.0453. The lowest BCUT2D eigenvalue weighted by atomic mass is 10.1. The van der Waals surface area contributed by atoms with Crippen LogP contribution in [0.5, 0.6) is 0 Å². The zero-order chi connectivity index (χ0) is 13.7. The molecule has 2 aromatic carbocycles. The quantitative estimate of drug-likeness (QED) is 0.869. The molecule has 2 rings (SSSR count). The predicted octanol–water partition coefficient (Wildman–Crippen LogP) is 3.71. The molecule has 0 aliphatic rings. The Bertz CT molecular complexity index is 526. The lowest BCUT2D eigenvalue weighted by Crippen LogP contribution is -2.30. The summed E-state index contributed by atoms with van der Waals surface area (Å²) in [5.74, 6) is -3.36. The second kappa shape index (κ2) is 5.89. The molecule has 0 amide bonds. The zero-order valence-corrected chi connectivity index (χ0v) is 10.2. The molecule has 0 bridgehead atoms. The lowest BCUT2D eigenvalue weighted by Gasteiger charge is -2.17. The van der Waals surface area contributed by atoms with E-state index in [2.05, 4.69) is 5.32 Å². The number of alkyl halides is 2. The van der Waals surface area contributed by atoms with Crippen LogP contribution in [0.4, 0.5) is 13.2 Å². The fourth-order valence-corrected chi connectivity index (χ4v) is 1.78. The van der Waals surface area contributed by atoms with Gasteiger partial charge in [-0.1, -0.05) is 48.5 Å². The van der Waals surface area contributed by atoms with Crippen molar-refractivity contribution in [3.05, 3.63) is 71.5 Å². The molecule has 0 spiro atoms. The van der Waals surface area contributed by atoms with Crippen LogP contribution in [-0.2, 0) is 12.5 Å². The van der Waals surface area contributed by atoms with E-state index in [0.29, 0.717) is 5.56 Å². The van der Waals surface area contributed by atoms with Crippen molar-refractivity contribution in [3.8, 4) is 0 Å². The van der Waals surface area contributed by atoms with Crippen LogP contribution in [0.2, 0.25) is 0 Å². The van der Waals surface area contributed by atoms with Gasteiger partial charge in [0.05, 0.1) is 6.54 Å². The highest BCUT2D eigenvalue weighted by atomic mass is 19.3. The number of benzene rings is 2. The monoisotopic (exact) mass is 265 g/mol. The molecule has 0 aromatic heterocycles. The third-order valence-corrected chi connectivity index (χ3v) is 2.82. The highest BCUT2D eigenvalue weighted by Crippen LogP contribution is 2.26. The number of nitrogens with one attached hydrogen (secondary N) is 1. The molecule has 100 valence electrons. The van der Waals surface area contributed by atoms with E-state index >= 15 is 0 Å². The van der Waals surface area contributed by atoms with Crippen LogP contribution in [0.3, 0.4) is 0 Å². The first-order chi connectivity index (χ1) is 9.09. The van der Waals surface area contributed by atoms with Crippen LogP contribution in [0.1, 0.15) is 11.1 Å². The Hall–Kier alpha value is -1.81. The summed E-state index contributed by atoms with van der Waals surface area (Å²) in [4.78, 5) is 0.